The van der Waals surface area contributed by atoms with Gasteiger partial charge in [-0.1, -0.05) is 13.3 Å². The van der Waals surface area contributed by atoms with Crippen LogP contribution >= 0.6 is 0 Å². The molecule has 0 bridgehead atoms. The molecule has 1 heterocycles. The molecule has 102 valence electrons. The maximum Gasteiger partial charge on any atom is 0.213 e. The van der Waals surface area contributed by atoms with Crippen LogP contribution in [0.4, 0.5) is 0 Å². The second-order valence-corrected chi connectivity index (χ2v) is 6.41. The monoisotopic (exact) mass is 264 g/mol. The van der Waals surface area contributed by atoms with Gasteiger partial charge in [-0.05, 0) is 25.8 Å². The highest BCUT2D eigenvalue weighted by atomic mass is 32.2. The summed E-state index contributed by atoms with van der Waals surface area (Å²) >= 11 is 0. The third-order valence-electron chi connectivity index (χ3n) is 3.04. The van der Waals surface area contributed by atoms with Crippen molar-refractivity contribution in [1.82, 2.24) is 10.0 Å². The van der Waals surface area contributed by atoms with Crippen molar-refractivity contribution >= 4 is 10.0 Å². The van der Waals surface area contributed by atoms with E-state index in [0.29, 0.717) is 6.61 Å². The summed E-state index contributed by atoms with van der Waals surface area (Å²) in [7, 11) is -1.62. The molecule has 2 unspecified atom stereocenters. The zero-order valence-electron chi connectivity index (χ0n) is 10.7. The van der Waals surface area contributed by atoms with Crippen LogP contribution in [0, 0.1) is 0 Å². The largest absolute Gasteiger partial charge is 0.383 e. The Labute approximate surface area is 104 Å². The average Bonchev–Trinajstić information content (AvgIpc) is 2.29. The SMILES string of the molecule is CCC(COC)NS(=O)(=O)CC1CCCCN1. The van der Waals surface area contributed by atoms with Crippen molar-refractivity contribution in [3.8, 4) is 0 Å². The Balaban J connectivity index is 2.43. The molecule has 2 N–H and O–H groups in total. The molecular weight excluding hydrogens is 240 g/mol. The molecule has 0 spiro atoms. The van der Waals surface area contributed by atoms with Crippen molar-refractivity contribution < 1.29 is 13.2 Å². The van der Waals surface area contributed by atoms with Crippen molar-refractivity contribution in [2.75, 3.05) is 26.0 Å². The highest BCUT2D eigenvalue weighted by Gasteiger charge is 2.22. The lowest BCUT2D eigenvalue weighted by Gasteiger charge is -2.24. The Morgan fingerprint density at radius 2 is 2.24 bits per heavy atom. The van der Waals surface area contributed by atoms with Crippen LogP contribution in [-0.2, 0) is 14.8 Å². The highest BCUT2D eigenvalue weighted by molar-refractivity contribution is 7.89. The fraction of sp³-hybridized carbons (Fsp3) is 1.00. The Kier molecular flexibility index (Phi) is 6.40. The van der Waals surface area contributed by atoms with E-state index in [2.05, 4.69) is 10.0 Å². The number of piperidine rings is 1. The summed E-state index contributed by atoms with van der Waals surface area (Å²) in [6.07, 6.45) is 3.95. The van der Waals surface area contributed by atoms with E-state index in [1.807, 2.05) is 6.92 Å². The summed E-state index contributed by atoms with van der Waals surface area (Å²) in [6.45, 7) is 3.30. The van der Waals surface area contributed by atoms with Crippen LogP contribution in [0.25, 0.3) is 0 Å². The fourth-order valence-corrected chi connectivity index (χ4v) is 3.72. The highest BCUT2D eigenvalue weighted by Crippen LogP contribution is 2.09. The number of methoxy groups -OCH3 is 1. The summed E-state index contributed by atoms with van der Waals surface area (Å²) in [5.41, 5.74) is 0. The summed E-state index contributed by atoms with van der Waals surface area (Å²) in [5.74, 6) is 0.174. The molecule has 1 aliphatic rings. The Morgan fingerprint density at radius 3 is 2.76 bits per heavy atom. The number of sulfonamides is 1. The Morgan fingerprint density at radius 1 is 1.47 bits per heavy atom. The quantitative estimate of drug-likeness (QED) is 0.701. The van der Waals surface area contributed by atoms with Crippen molar-refractivity contribution in [1.29, 1.82) is 0 Å². The van der Waals surface area contributed by atoms with E-state index < -0.39 is 10.0 Å². The zero-order chi connectivity index (χ0) is 12.7. The minimum absolute atomic E-state index is 0.0984. The number of hydrogen-bond acceptors (Lipinski definition) is 4. The van der Waals surface area contributed by atoms with Crippen LogP contribution in [0.1, 0.15) is 32.6 Å². The zero-order valence-corrected chi connectivity index (χ0v) is 11.6. The topological polar surface area (TPSA) is 67.4 Å². The lowest BCUT2D eigenvalue weighted by molar-refractivity contribution is 0.173. The number of hydrogen-bond donors (Lipinski definition) is 2. The normalized spacial score (nSPS) is 23.5. The van der Waals surface area contributed by atoms with E-state index in [1.165, 1.54) is 0 Å². The molecule has 2 atom stereocenters. The fourth-order valence-electron chi connectivity index (χ4n) is 2.07. The first kappa shape index (κ1) is 14.9. The van der Waals surface area contributed by atoms with Crippen molar-refractivity contribution in [2.24, 2.45) is 0 Å². The molecule has 0 radical (unpaired) electrons. The molecule has 1 rings (SSSR count). The number of nitrogens with one attached hydrogen (secondary N) is 2. The molecule has 5 nitrogen and oxygen atoms in total. The molecule has 1 saturated heterocycles. The first-order valence-corrected chi connectivity index (χ1v) is 7.95. The van der Waals surface area contributed by atoms with E-state index in [9.17, 15) is 8.42 Å². The van der Waals surface area contributed by atoms with Gasteiger partial charge in [0.05, 0.1) is 12.4 Å². The van der Waals surface area contributed by atoms with Gasteiger partial charge in [-0.25, -0.2) is 13.1 Å². The summed E-state index contributed by atoms with van der Waals surface area (Å²) in [5, 5.41) is 3.25. The maximum absolute atomic E-state index is 11.9. The van der Waals surface area contributed by atoms with E-state index >= 15 is 0 Å². The second kappa shape index (κ2) is 7.31. The van der Waals surface area contributed by atoms with Gasteiger partial charge in [0.15, 0.2) is 0 Å². The van der Waals surface area contributed by atoms with Crippen LogP contribution in [0.2, 0.25) is 0 Å². The molecule has 17 heavy (non-hydrogen) atoms. The van der Waals surface area contributed by atoms with Crippen LogP contribution in [0.5, 0.6) is 0 Å². The standard InChI is InChI=1S/C11H24N2O3S/c1-3-10(8-16-2)13-17(14,15)9-11-6-4-5-7-12-11/h10-13H,3-9H2,1-2H3. The third kappa shape index (κ3) is 5.81. The summed E-state index contributed by atoms with van der Waals surface area (Å²) in [6, 6.07) is -0.0186. The molecule has 6 heteroatoms. The van der Waals surface area contributed by atoms with Gasteiger partial charge < -0.3 is 10.1 Å². The molecule has 0 aromatic rings. The Bertz CT molecular complexity index is 287. The van der Waals surface area contributed by atoms with E-state index in [-0.39, 0.29) is 17.8 Å². The van der Waals surface area contributed by atoms with Crippen LogP contribution in [0.3, 0.4) is 0 Å². The van der Waals surface area contributed by atoms with Crippen LogP contribution in [-0.4, -0.2) is 46.5 Å². The minimum Gasteiger partial charge on any atom is -0.383 e. The van der Waals surface area contributed by atoms with Gasteiger partial charge in [-0.3, -0.25) is 0 Å². The molecule has 0 saturated carbocycles. The summed E-state index contributed by atoms with van der Waals surface area (Å²) in [4.78, 5) is 0. The Hall–Kier alpha value is -0.170. The molecule has 0 amide bonds. The first-order valence-electron chi connectivity index (χ1n) is 6.29. The van der Waals surface area contributed by atoms with E-state index in [4.69, 9.17) is 4.74 Å². The summed E-state index contributed by atoms with van der Waals surface area (Å²) < 4.78 is 31.6. The molecule has 0 aliphatic carbocycles. The van der Waals surface area contributed by atoms with Gasteiger partial charge in [-0.15, -0.1) is 0 Å². The first-order chi connectivity index (χ1) is 8.07. The molecule has 1 aliphatic heterocycles. The van der Waals surface area contributed by atoms with Crippen molar-refractivity contribution in [3.05, 3.63) is 0 Å². The van der Waals surface area contributed by atoms with Crippen molar-refractivity contribution in [3.63, 3.8) is 0 Å². The number of ether oxygens (including phenoxy) is 1. The molecule has 0 aromatic carbocycles. The predicted molar refractivity (Wildman–Crippen MR) is 68.5 cm³/mol. The second-order valence-electron chi connectivity index (χ2n) is 4.61. The third-order valence-corrected chi connectivity index (χ3v) is 4.57. The maximum atomic E-state index is 11.9. The van der Waals surface area contributed by atoms with Gasteiger partial charge in [-0.2, -0.15) is 0 Å². The van der Waals surface area contributed by atoms with Crippen LogP contribution < -0.4 is 10.0 Å². The minimum atomic E-state index is -3.21. The molecule has 1 fully saturated rings. The lowest BCUT2D eigenvalue weighted by atomic mass is 10.1. The van der Waals surface area contributed by atoms with Gasteiger partial charge in [0.1, 0.15) is 0 Å². The molecule has 0 aromatic heterocycles. The van der Waals surface area contributed by atoms with E-state index in [0.717, 1.165) is 32.2 Å². The van der Waals surface area contributed by atoms with Gasteiger partial charge in [0.25, 0.3) is 0 Å². The predicted octanol–water partition coefficient (Wildman–Crippen LogP) is 0.473. The van der Waals surface area contributed by atoms with E-state index in [1.54, 1.807) is 7.11 Å². The van der Waals surface area contributed by atoms with Gasteiger partial charge in [0, 0.05) is 19.2 Å². The van der Waals surface area contributed by atoms with Gasteiger partial charge in [0.2, 0.25) is 10.0 Å². The lowest BCUT2D eigenvalue weighted by Crippen LogP contribution is -2.46. The average molecular weight is 264 g/mol. The van der Waals surface area contributed by atoms with Crippen molar-refractivity contribution in [2.45, 2.75) is 44.7 Å². The smallest absolute Gasteiger partial charge is 0.213 e. The van der Waals surface area contributed by atoms with Crippen LogP contribution in [0.15, 0.2) is 0 Å². The van der Waals surface area contributed by atoms with Gasteiger partial charge >= 0.3 is 0 Å². The number of rotatable bonds is 7. The molecular formula is C11H24N2O3S.